The summed E-state index contributed by atoms with van der Waals surface area (Å²) < 4.78 is 13.9. The molecule has 0 bridgehead atoms. The SMILES string of the molecule is NC(=O)C1CCN(CCc2ccc(NC(=O)C3(c4cccc(F)c4)CCCCC3)cc2)CC1. The Hall–Kier alpha value is -2.73. The second-order valence-electron chi connectivity index (χ2n) is 9.57. The number of hydrogen-bond donors (Lipinski definition) is 2. The van der Waals surface area contributed by atoms with E-state index in [9.17, 15) is 14.0 Å². The van der Waals surface area contributed by atoms with E-state index in [1.54, 1.807) is 6.07 Å². The molecule has 0 unspecified atom stereocenters. The Bertz CT molecular complexity index is 962. The minimum atomic E-state index is -0.671. The molecule has 2 fully saturated rings. The number of carbonyl (C=O) groups excluding carboxylic acids is 2. The molecule has 1 saturated carbocycles. The van der Waals surface area contributed by atoms with E-state index in [1.165, 1.54) is 17.7 Å². The molecule has 0 radical (unpaired) electrons. The summed E-state index contributed by atoms with van der Waals surface area (Å²) >= 11 is 0. The average molecular weight is 452 g/mol. The van der Waals surface area contributed by atoms with Gasteiger partial charge in [-0.3, -0.25) is 9.59 Å². The first-order chi connectivity index (χ1) is 16.0. The Labute approximate surface area is 195 Å². The third-order valence-corrected chi connectivity index (χ3v) is 7.44. The largest absolute Gasteiger partial charge is 0.369 e. The van der Waals surface area contributed by atoms with Gasteiger partial charge in [0.1, 0.15) is 5.82 Å². The standard InChI is InChI=1S/C27H34FN3O2/c28-23-6-4-5-22(19-23)27(14-2-1-3-15-27)26(33)30-24-9-7-20(8-10-24)11-16-31-17-12-21(13-18-31)25(29)32/h4-10,19,21H,1-3,11-18H2,(H2,29,32)(H,30,33). The van der Waals surface area contributed by atoms with Crippen molar-refractivity contribution in [3.05, 3.63) is 65.5 Å². The average Bonchev–Trinajstić information content (AvgIpc) is 2.84. The van der Waals surface area contributed by atoms with Crippen LogP contribution in [0.5, 0.6) is 0 Å². The first kappa shape index (κ1) is 23.4. The smallest absolute Gasteiger partial charge is 0.235 e. The normalized spacial score (nSPS) is 19.2. The van der Waals surface area contributed by atoms with Crippen LogP contribution < -0.4 is 11.1 Å². The third-order valence-electron chi connectivity index (χ3n) is 7.44. The first-order valence-electron chi connectivity index (χ1n) is 12.1. The first-order valence-corrected chi connectivity index (χ1v) is 12.1. The number of nitrogens with two attached hydrogens (primary N) is 1. The Kier molecular flexibility index (Phi) is 7.43. The summed E-state index contributed by atoms with van der Waals surface area (Å²) in [5.74, 6) is -0.505. The van der Waals surface area contributed by atoms with Crippen molar-refractivity contribution in [2.24, 2.45) is 11.7 Å². The van der Waals surface area contributed by atoms with Gasteiger partial charge >= 0.3 is 0 Å². The Morgan fingerprint density at radius 2 is 1.73 bits per heavy atom. The lowest BCUT2D eigenvalue weighted by molar-refractivity contribution is -0.123. The van der Waals surface area contributed by atoms with Gasteiger partial charge in [-0.25, -0.2) is 4.39 Å². The number of benzene rings is 2. The fraction of sp³-hybridized carbons (Fsp3) is 0.481. The van der Waals surface area contributed by atoms with Crippen molar-refractivity contribution >= 4 is 17.5 Å². The molecule has 1 aliphatic carbocycles. The number of halogens is 1. The highest BCUT2D eigenvalue weighted by molar-refractivity contribution is 5.99. The van der Waals surface area contributed by atoms with E-state index in [0.29, 0.717) is 0 Å². The number of piperidine rings is 1. The highest BCUT2D eigenvalue weighted by atomic mass is 19.1. The van der Waals surface area contributed by atoms with Crippen molar-refractivity contribution in [2.45, 2.75) is 56.8 Å². The van der Waals surface area contributed by atoms with Crippen LogP contribution in [0.4, 0.5) is 10.1 Å². The molecule has 2 aromatic carbocycles. The molecule has 33 heavy (non-hydrogen) atoms. The van der Waals surface area contributed by atoms with Crippen LogP contribution in [-0.2, 0) is 21.4 Å². The number of carbonyl (C=O) groups is 2. The fourth-order valence-electron chi connectivity index (χ4n) is 5.32. The van der Waals surface area contributed by atoms with Gasteiger partial charge in [0.25, 0.3) is 0 Å². The maximum atomic E-state index is 13.9. The molecule has 4 rings (SSSR count). The van der Waals surface area contributed by atoms with E-state index >= 15 is 0 Å². The molecule has 1 saturated heterocycles. The summed E-state index contributed by atoms with van der Waals surface area (Å²) in [4.78, 5) is 27.1. The lowest BCUT2D eigenvalue weighted by Crippen LogP contribution is -2.42. The summed E-state index contributed by atoms with van der Waals surface area (Å²) in [6.07, 6.45) is 7.14. The van der Waals surface area contributed by atoms with Crippen LogP contribution in [0.2, 0.25) is 0 Å². The molecule has 0 spiro atoms. The summed E-state index contributed by atoms with van der Waals surface area (Å²) in [6.45, 7) is 2.76. The molecule has 1 heterocycles. The van der Waals surface area contributed by atoms with E-state index < -0.39 is 5.41 Å². The molecule has 0 atom stereocenters. The molecule has 2 aliphatic rings. The van der Waals surface area contributed by atoms with Crippen LogP contribution >= 0.6 is 0 Å². The van der Waals surface area contributed by atoms with Gasteiger partial charge in [0, 0.05) is 18.2 Å². The Balaban J connectivity index is 1.36. The summed E-state index contributed by atoms with van der Waals surface area (Å²) in [7, 11) is 0. The zero-order valence-corrected chi connectivity index (χ0v) is 19.2. The zero-order chi connectivity index (χ0) is 23.3. The van der Waals surface area contributed by atoms with Gasteiger partial charge in [-0.15, -0.1) is 0 Å². The summed E-state index contributed by atoms with van der Waals surface area (Å²) in [6, 6.07) is 14.5. The fourth-order valence-corrected chi connectivity index (χ4v) is 5.32. The summed E-state index contributed by atoms with van der Waals surface area (Å²) in [5, 5.41) is 3.10. The van der Waals surface area contributed by atoms with Gasteiger partial charge in [0.15, 0.2) is 0 Å². The van der Waals surface area contributed by atoms with Crippen LogP contribution in [0.15, 0.2) is 48.5 Å². The number of nitrogens with zero attached hydrogens (tertiary/aromatic N) is 1. The van der Waals surface area contributed by atoms with E-state index in [2.05, 4.69) is 22.3 Å². The van der Waals surface area contributed by atoms with Crippen molar-refractivity contribution < 1.29 is 14.0 Å². The molecule has 3 N–H and O–H groups in total. The lowest BCUT2D eigenvalue weighted by atomic mass is 9.68. The second kappa shape index (κ2) is 10.5. The quantitative estimate of drug-likeness (QED) is 0.655. The number of anilines is 1. The van der Waals surface area contributed by atoms with E-state index in [0.717, 1.165) is 82.3 Å². The maximum Gasteiger partial charge on any atom is 0.235 e. The number of nitrogens with one attached hydrogen (secondary N) is 1. The molecule has 2 aromatic rings. The lowest BCUT2D eigenvalue weighted by Gasteiger charge is -2.36. The second-order valence-corrected chi connectivity index (χ2v) is 9.57. The number of amides is 2. The predicted octanol–water partition coefficient (Wildman–Crippen LogP) is 4.41. The van der Waals surface area contributed by atoms with Crippen molar-refractivity contribution in [1.82, 2.24) is 4.90 Å². The van der Waals surface area contributed by atoms with Crippen LogP contribution in [0.3, 0.4) is 0 Å². The molecule has 5 nitrogen and oxygen atoms in total. The van der Waals surface area contributed by atoms with Gasteiger partial charge in [0.05, 0.1) is 5.41 Å². The van der Waals surface area contributed by atoms with Gasteiger partial charge in [-0.2, -0.15) is 0 Å². The van der Waals surface area contributed by atoms with Crippen molar-refractivity contribution in [2.75, 3.05) is 25.0 Å². The van der Waals surface area contributed by atoms with E-state index in [1.807, 2.05) is 18.2 Å². The van der Waals surface area contributed by atoms with Crippen LogP contribution in [0.1, 0.15) is 56.1 Å². The molecule has 1 aliphatic heterocycles. The van der Waals surface area contributed by atoms with Crippen LogP contribution in [-0.4, -0.2) is 36.3 Å². The summed E-state index contributed by atoms with van der Waals surface area (Å²) in [5.41, 5.74) is 7.50. The van der Waals surface area contributed by atoms with Crippen LogP contribution in [0.25, 0.3) is 0 Å². The topological polar surface area (TPSA) is 75.4 Å². The van der Waals surface area contributed by atoms with Crippen molar-refractivity contribution in [3.63, 3.8) is 0 Å². The van der Waals surface area contributed by atoms with Gasteiger partial charge in [-0.05, 0) is 80.6 Å². The zero-order valence-electron chi connectivity index (χ0n) is 19.2. The van der Waals surface area contributed by atoms with Gasteiger partial charge in [-0.1, -0.05) is 43.5 Å². The van der Waals surface area contributed by atoms with Gasteiger partial charge < -0.3 is 16.0 Å². The Morgan fingerprint density at radius 1 is 1.03 bits per heavy atom. The van der Waals surface area contributed by atoms with E-state index in [4.69, 9.17) is 5.73 Å². The molecule has 176 valence electrons. The van der Waals surface area contributed by atoms with E-state index in [-0.39, 0.29) is 23.5 Å². The molecule has 0 aromatic heterocycles. The predicted molar refractivity (Wildman–Crippen MR) is 128 cm³/mol. The minimum absolute atomic E-state index is 0.0176. The molecular formula is C27H34FN3O2. The van der Waals surface area contributed by atoms with Crippen molar-refractivity contribution in [1.29, 1.82) is 0 Å². The molecular weight excluding hydrogens is 417 g/mol. The number of hydrogen-bond acceptors (Lipinski definition) is 3. The number of primary amides is 1. The third kappa shape index (κ3) is 5.61. The van der Waals surface area contributed by atoms with Crippen molar-refractivity contribution in [3.8, 4) is 0 Å². The monoisotopic (exact) mass is 451 g/mol. The maximum absolute atomic E-state index is 13.9. The molecule has 6 heteroatoms. The van der Waals surface area contributed by atoms with Crippen LogP contribution in [0, 0.1) is 11.7 Å². The molecule has 2 amide bonds. The minimum Gasteiger partial charge on any atom is -0.369 e. The highest BCUT2D eigenvalue weighted by Crippen LogP contribution is 2.40. The number of rotatable bonds is 7. The Morgan fingerprint density at radius 3 is 2.36 bits per heavy atom. The van der Waals surface area contributed by atoms with Gasteiger partial charge in [0.2, 0.25) is 11.8 Å². The number of likely N-dealkylation sites (tertiary alicyclic amines) is 1. The highest BCUT2D eigenvalue weighted by Gasteiger charge is 2.41.